The Labute approximate surface area is 285 Å². The quantitative estimate of drug-likeness (QED) is 0.117. The first-order valence-electron chi connectivity index (χ1n) is 16.2. The summed E-state index contributed by atoms with van der Waals surface area (Å²) < 4.78 is 6.05. The van der Waals surface area contributed by atoms with Gasteiger partial charge >= 0.3 is 5.97 Å². The van der Waals surface area contributed by atoms with Gasteiger partial charge in [-0.05, 0) is 58.3 Å². The summed E-state index contributed by atoms with van der Waals surface area (Å²) in [5.74, 6) is -0.680. The topological polar surface area (TPSA) is 95.9 Å². The average Bonchev–Trinajstić information content (AvgIpc) is 3.15. The van der Waals surface area contributed by atoms with E-state index in [9.17, 15) is 19.5 Å². The first kappa shape index (κ1) is 32.7. The fourth-order valence-electron chi connectivity index (χ4n) is 5.73. The third-order valence-electron chi connectivity index (χ3n) is 8.33. The molecule has 0 aromatic heterocycles. The second-order valence-electron chi connectivity index (χ2n) is 11.7. The molecule has 0 aliphatic rings. The van der Waals surface area contributed by atoms with Crippen LogP contribution < -0.4 is 10.1 Å². The van der Waals surface area contributed by atoms with Crippen LogP contribution in [0.4, 0.5) is 5.69 Å². The number of ketones is 1. The van der Waals surface area contributed by atoms with Crippen molar-refractivity contribution in [1.82, 2.24) is 4.90 Å². The van der Waals surface area contributed by atoms with E-state index in [-0.39, 0.29) is 24.7 Å². The zero-order valence-electron chi connectivity index (χ0n) is 26.9. The van der Waals surface area contributed by atoms with Gasteiger partial charge in [0, 0.05) is 35.3 Å². The van der Waals surface area contributed by atoms with Gasteiger partial charge < -0.3 is 20.1 Å². The number of ether oxygens (including phenoxy) is 1. The van der Waals surface area contributed by atoms with Gasteiger partial charge in [-0.25, -0.2) is 4.79 Å². The molecule has 6 aromatic carbocycles. The van der Waals surface area contributed by atoms with E-state index in [1.807, 2.05) is 91.0 Å². The molecule has 49 heavy (non-hydrogen) atoms. The van der Waals surface area contributed by atoms with E-state index in [1.54, 1.807) is 65.6 Å². The molecule has 6 aromatic rings. The van der Waals surface area contributed by atoms with Crippen molar-refractivity contribution < 1.29 is 24.2 Å². The van der Waals surface area contributed by atoms with Crippen LogP contribution in [0.5, 0.6) is 5.75 Å². The van der Waals surface area contributed by atoms with Gasteiger partial charge in [-0.2, -0.15) is 0 Å². The monoisotopic (exact) mass is 648 g/mol. The summed E-state index contributed by atoms with van der Waals surface area (Å²) in [5, 5.41) is 15.2. The van der Waals surface area contributed by atoms with Crippen LogP contribution in [0.2, 0.25) is 0 Å². The van der Waals surface area contributed by atoms with Crippen molar-refractivity contribution in [2.45, 2.75) is 19.0 Å². The molecule has 0 bridgehead atoms. The van der Waals surface area contributed by atoms with Crippen LogP contribution in [0.15, 0.2) is 152 Å². The molecule has 7 nitrogen and oxygen atoms in total. The Kier molecular flexibility index (Phi) is 10.4. The van der Waals surface area contributed by atoms with Gasteiger partial charge in [-0.1, -0.05) is 115 Å². The van der Waals surface area contributed by atoms with E-state index in [0.29, 0.717) is 41.2 Å². The van der Waals surface area contributed by atoms with E-state index < -0.39 is 12.0 Å². The van der Waals surface area contributed by atoms with Gasteiger partial charge in [0.1, 0.15) is 18.4 Å². The van der Waals surface area contributed by atoms with Crippen molar-refractivity contribution in [3.8, 4) is 5.75 Å². The average molecular weight is 649 g/mol. The molecule has 0 aliphatic carbocycles. The highest BCUT2D eigenvalue weighted by Gasteiger charge is 2.22. The zero-order valence-corrected chi connectivity index (χ0v) is 26.9. The van der Waals surface area contributed by atoms with Gasteiger partial charge in [-0.3, -0.25) is 9.59 Å². The SMILES string of the molecule is O=C(c1ccccc1)c1ccccc1N[C@@H](Cc1ccc(OCCN(Cc2ccccc2)C(=O)c2ccc3ccccc3c2)cc1)C(=O)O. The van der Waals surface area contributed by atoms with Crippen LogP contribution in [0, 0.1) is 0 Å². The number of amides is 1. The fraction of sp³-hybridized carbons (Fsp3) is 0.119. The smallest absolute Gasteiger partial charge is 0.326 e. The van der Waals surface area contributed by atoms with E-state index in [0.717, 1.165) is 21.9 Å². The highest BCUT2D eigenvalue weighted by molar-refractivity contribution is 6.12. The number of benzene rings is 6. The van der Waals surface area contributed by atoms with Gasteiger partial charge in [0.2, 0.25) is 0 Å². The Morgan fingerprint density at radius 3 is 2.04 bits per heavy atom. The standard InChI is InChI=1S/C42H36N2O5/c45-40(33-14-5-2-6-15-33)37-17-9-10-18-38(37)43-39(42(47)48)27-30-19-23-36(24-20-30)49-26-25-44(29-31-11-3-1-4-12-31)41(46)35-22-21-32-13-7-8-16-34(32)28-35/h1-24,28,39,43H,25-27,29H2,(H,47,48)/t39-/m0/s1. The molecule has 0 heterocycles. The summed E-state index contributed by atoms with van der Waals surface area (Å²) in [7, 11) is 0. The predicted octanol–water partition coefficient (Wildman–Crippen LogP) is 7.90. The highest BCUT2D eigenvalue weighted by atomic mass is 16.5. The van der Waals surface area contributed by atoms with E-state index >= 15 is 0 Å². The molecule has 1 amide bonds. The Morgan fingerprint density at radius 2 is 1.31 bits per heavy atom. The minimum atomic E-state index is -1.03. The number of carbonyl (C=O) groups excluding carboxylic acids is 2. The number of nitrogens with one attached hydrogen (secondary N) is 1. The lowest BCUT2D eigenvalue weighted by Crippen LogP contribution is -2.34. The maximum Gasteiger partial charge on any atom is 0.326 e. The summed E-state index contributed by atoms with van der Waals surface area (Å²) in [6.07, 6.45) is 0.189. The van der Waals surface area contributed by atoms with Crippen LogP contribution in [0.25, 0.3) is 10.8 Å². The lowest BCUT2D eigenvalue weighted by molar-refractivity contribution is -0.137. The number of fused-ring (bicyclic) bond motifs is 1. The van der Waals surface area contributed by atoms with E-state index in [2.05, 4.69) is 5.32 Å². The molecule has 7 heteroatoms. The molecule has 0 aliphatic heterocycles. The maximum absolute atomic E-state index is 13.7. The lowest BCUT2D eigenvalue weighted by Gasteiger charge is -2.23. The van der Waals surface area contributed by atoms with E-state index in [4.69, 9.17) is 4.74 Å². The molecule has 1 atom stereocenters. The third-order valence-corrected chi connectivity index (χ3v) is 8.33. The molecular weight excluding hydrogens is 612 g/mol. The summed E-state index contributed by atoms with van der Waals surface area (Å²) in [6.45, 7) is 1.09. The second kappa shape index (κ2) is 15.6. The Balaban J connectivity index is 1.10. The highest BCUT2D eigenvalue weighted by Crippen LogP contribution is 2.23. The molecule has 2 N–H and O–H groups in total. The van der Waals surface area contributed by atoms with E-state index in [1.165, 1.54) is 0 Å². The second-order valence-corrected chi connectivity index (χ2v) is 11.7. The Bertz CT molecular complexity index is 2050. The molecule has 0 saturated heterocycles. The van der Waals surface area contributed by atoms with Crippen LogP contribution in [-0.4, -0.2) is 46.9 Å². The molecule has 0 radical (unpaired) electrons. The van der Waals surface area contributed by atoms with Crippen LogP contribution in [0.3, 0.4) is 0 Å². The van der Waals surface area contributed by atoms with Gasteiger partial charge in [0.05, 0.1) is 6.54 Å². The van der Waals surface area contributed by atoms with Crippen molar-refractivity contribution in [2.24, 2.45) is 0 Å². The Morgan fingerprint density at radius 1 is 0.653 bits per heavy atom. The summed E-state index contributed by atoms with van der Waals surface area (Å²) in [6, 6.07) is 45.7. The number of para-hydroxylation sites is 1. The van der Waals surface area contributed by atoms with Gasteiger partial charge in [0.15, 0.2) is 5.78 Å². The van der Waals surface area contributed by atoms with Crippen molar-refractivity contribution >= 4 is 34.1 Å². The minimum absolute atomic E-state index is 0.0761. The minimum Gasteiger partial charge on any atom is -0.492 e. The molecule has 0 fully saturated rings. The van der Waals surface area contributed by atoms with Crippen molar-refractivity contribution in [3.05, 3.63) is 179 Å². The lowest BCUT2D eigenvalue weighted by atomic mass is 10.00. The molecule has 0 spiro atoms. The maximum atomic E-state index is 13.7. The number of hydrogen-bond acceptors (Lipinski definition) is 5. The van der Waals surface area contributed by atoms with Crippen molar-refractivity contribution in [2.75, 3.05) is 18.5 Å². The van der Waals surface area contributed by atoms with Crippen LogP contribution in [-0.2, 0) is 17.8 Å². The zero-order chi connectivity index (χ0) is 34.0. The number of carboxylic acid groups (broad SMARTS) is 1. The number of hydrogen-bond donors (Lipinski definition) is 2. The fourth-order valence-corrected chi connectivity index (χ4v) is 5.73. The number of aliphatic carboxylic acids is 1. The van der Waals surface area contributed by atoms with Crippen LogP contribution in [0.1, 0.15) is 37.4 Å². The summed E-state index contributed by atoms with van der Waals surface area (Å²) in [4.78, 5) is 40.9. The molecular formula is C42H36N2O5. The molecule has 0 unspecified atom stereocenters. The summed E-state index contributed by atoms with van der Waals surface area (Å²) >= 11 is 0. The third kappa shape index (κ3) is 8.39. The van der Waals surface area contributed by atoms with Gasteiger partial charge in [0.25, 0.3) is 5.91 Å². The van der Waals surface area contributed by atoms with Crippen LogP contribution >= 0.6 is 0 Å². The summed E-state index contributed by atoms with van der Waals surface area (Å²) in [5.41, 5.74) is 3.82. The number of nitrogens with zero attached hydrogens (tertiary/aromatic N) is 1. The molecule has 0 saturated carbocycles. The first-order valence-corrected chi connectivity index (χ1v) is 16.2. The molecule has 244 valence electrons. The van der Waals surface area contributed by atoms with Gasteiger partial charge in [-0.15, -0.1) is 0 Å². The number of carboxylic acids is 1. The number of anilines is 1. The normalized spacial score (nSPS) is 11.4. The first-order chi connectivity index (χ1) is 23.9. The molecule has 6 rings (SSSR count). The van der Waals surface area contributed by atoms with Crippen molar-refractivity contribution in [3.63, 3.8) is 0 Å². The van der Waals surface area contributed by atoms with Crippen molar-refractivity contribution in [1.29, 1.82) is 0 Å². The number of rotatable bonds is 14. The number of carbonyl (C=O) groups is 3. The predicted molar refractivity (Wildman–Crippen MR) is 192 cm³/mol. The Hall–Kier alpha value is -6.21. The largest absolute Gasteiger partial charge is 0.492 e.